The Labute approximate surface area is 92.7 Å². The summed E-state index contributed by atoms with van der Waals surface area (Å²) in [4.78, 5) is 7.03. The maximum absolute atomic E-state index is 9.98. The van der Waals surface area contributed by atoms with Gasteiger partial charge >= 0.3 is 0 Å². The number of rotatable bonds is 2. The van der Waals surface area contributed by atoms with Crippen LogP contribution in [0.15, 0.2) is 30.5 Å². The van der Waals surface area contributed by atoms with Crippen molar-refractivity contribution in [1.29, 1.82) is 0 Å². The highest BCUT2D eigenvalue weighted by Crippen LogP contribution is 2.21. The third-order valence-corrected chi connectivity index (χ3v) is 2.45. The molecule has 78 valence electrons. The summed E-state index contributed by atoms with van der Waals surface area (Å²) < 4.78 is 0. The van der Waals surface area contributed by atoms with Gasteiger partial charge in [-0.15, -0.1) is 0 Å². The van der Waals surface area contributed by atoms with E-state index < -0.39 is 6.10 Å². The zero-order valence-corrected chi connectivity index (χ0v) is 8.99. The summed E-state index contributed by atoms with van der Waals surface area (Å²) in [6.07, 6.45) is 0.956. The first-order valence-corrected chi connectivity index (χ1v) is 4.99. The number of nitrogens with one attached hydrogen (secondary N) is 1. The second-order valence-electron chi connectivity index (χ2n) is 3.38. The third kappa shape index (κ3) is 2.19. The smallest absolute Gasteiger partial charge is 0.120 e. The molecule has 1 aromatic carbocycles. The monoisotopic (exact) mass is 222 g/mol. The summed E-state index contributed by atoms with van der Waals surface area (Å²) in [6, 6.07) is 7.10. The van der Waals surface area contributed by atoms with Crippen molar-refractivity contribution in [2.45, 2.75) is 13.0 Å². The largest absolute Gasteiger partial charge is 0.382 e. The quantitative estimate of drug-likeness (QED) is 0.820. The molecule has 0 amide bonds. The molecule has 1 heterocycles. The number of aryl methyl sites for hydroxylation is 1. The van der Waals surface area contributed by atoms with Crippen molar-refractivity contribution >= 4 is 11.6 Å². The van der Waals surface area contributed by atoms with Crippen LogP contribution in [0, 0.1) is 6.92 Å². The van der Waals surface area contributed by atoms with Crippen molar-refractivity contribution in [3.8, 4) is 0 Å². The first kappa shape index (κ1) is 10.2. The van der Waals surface area contributed by atoms with Crippen molar-refractivity contribution in [2.75, 3.05) is 0 Å². The molecule has 0 aliphatic rings. The number of aromatic nitrogens is 2. The molecular weight excluding hydrogens is 212 g/mol. The molecule has 0 bridgehead atoms. The number of hydrogen-bond acceptors (Lipinski definition) is 2. The average molecular weight is 223 g/mol. The number of benzene rings is 1. The lowest BCUT2D eigenvalue weighted by Gasteiger charge is -2.08. The van der Waals surface area contributed by atoms with Crippen LogP contribution in [0.1, 0.15) is 23.2 Å². The van der Waals surface area contributed by atoms with E-state index in [1.54, 1.807) is 30.5 Å². The van der Waals surface area contributed by atoms with Crippen LogP contribution in [0.4, 0.5) is 0 Å². The summed E-state index contributed by atoms with van der Waals surface area (Å²) >= 11 is 5.76. The Hall–Kier alpha value is -1.32. The SMILES string of the molecule is Cc1ncc(C(O)c2ccc(Cl)cc2)[nH]1. The summed E-state index contributed by atoms with van der Waals surface area (Å²) in [6.45, 7) is 1.85. The van der Waals surface area contributed by atoms with Gasteiger partial charge in [0.15, 0.2) is 0 Å². The van der Waals surface area contributed by atoms with Crippen LogP contribution >= 0.6 is 11.6 Å². The Morgan fingerprint density at radius 2 is 2.00 bits per heavy atom. The lowest BCUT2D eigenvalue weighted by atomic mass is 10.1. The number of hydrogen-bond donors (Lipinski definition) is 2. The minimum Gasteiger partial charge on any atom is -0.382 e. The van der Waals surface area contributed by atoms with Crippen LogP contribution in [0.2, 0.25) is 5.02 Å². The minimum atomic E-state index is -0.677. The molecule has 0 radical (unpaired) electrons. The number of imidazole rings is 1. The Kier molecular flexibility index (Phi) is 2.75. The molecule has 1 unspecified atom stereocenters. The molecule has 1 atom stereocenters. The van der Waals surface area contributed by atoms with Gasteiger partial charge in [0.2, 0.25) is 0 Å². The molecule has 2 N–H and O–H groups in total. The highest BCUT2D eigenvalue weighted by atomic mass is 35.5. The van der Waals surface area contributed by atoms with E-state index in [1.165, 1.54) is 0 Å². The molecule has 0 aliphatic heterocycles. The van der Waals surface area contributed by atoms with E-state index >= 15 is 0 Å². The van der Waals surface area contributed by atoms with Gasteiger partial charge in [0.05, 0.1) is 11.9 Å². The van der Waals surface area contributed by atoms with Crippen molar-refractivity contribution in [3.63, 3.8) is 0 Å². The van der Waals surface area contributed by atoms with Crippen LogP contribution in [0.5, 0.6) is 0 Å². The van der Waals surface area contributed by atoms with Crippen LogP contribution in [0.3, 0.4) is 0 Å². The summed E-state index contributed by atoms with van der Waals surface area (Å²) in [5.41, 5.74) is 1.48. The Morgan fingerprint density at radius 3 is 2.53 bits per heavy atom. The standard InChI is InChI=1S/C11H11ClN2O/c1-7-13-6-10(14-7)11(15)8-2-4-9(12)5-3-8/h2-6,11,15H,1H3,(H,13,14). The van der Waals surface area contributed by atoms with Gasteiger partial charge in [0.1, 0.15) is 11.9 Å². The van der Waals surface area contributed by atoms with Crippen molar-refractivity contribution < 1.29 is 5.11 Å². The van der Waals surface area contributed by atoms with Gasteiger partial charge < -0.3 is 10.1 Å². The highest BCUT2D eigenvalue weighted by Gasteiger charge is 2.11. The van der Waals surface area contributed by atoms with Gasteiger partial charge in [-0.25, -0.2) is 4.98 Å². The van der Waals surface area contributed by atoms with Gasteiger partial charge in [-0.05, 0) is 24.6 Å². The van der Waals surface area contributed by atoms with E-state index in [0.29, 0.717) is 10.7 Å². The van der Waals surface area contributed by atoms with Gasteiger partial charge in [-0.3, -0.25) is 0 Å². The molecule has 3 nitrogen and oxygen atoms in total. The maximum atomic E-state index is 9.98. The molecular formula is C11H11ClN2O. The predicted octanol–water partition coefficient (Wildman–Crippen LogP) is 2.45. The minimum absolute atomic E-state index is 0.659. The fourth-order valence-electron chi connectivity index (χ4n) is 1.40. The van der Waals surface area contributed by atoms with Crippen molar-refractivity contribution in [3.05, 3.63) is 52.6 Å². The molecule has 2 aromatic rings. The zero-order chi connectivity index (χ0) is 10.8. The van der Waals surface area contributed by atoms with E-state index in [-0.39, 0.29) is 0 Å². The number of nitrogens with zero attached hydrogens (tertiary/aromatic N) is 1. The second kappa shape index (κ2) is 4.04. The third-order valence-electron chi connectivity index (χ3n) is 2.20. The molecule has 0 saturated heterocycles. The van der Waals surface area contributed by atoms with Crippen LogP contribution in [-0.2, 0) is 0 Å². The predicted molar refractivity (Wildman–Crippen MR) is 58.8 cm³/mol. The van der Waals surface area contributed by atoms with E-state index in [1.807, 2.05) is 6.92 Å². The topological polar surface area (TPSA) is 48.9 Å². The Morgan fingerprint density at radius 1 is 1.33 bits per heavy atom. The first-order chi connectivity index (χ1) is 7.16. The van der Waals surface area contributed by atoms with Crippen LogP contribution in [-0.4, -0.2) is 15.1 Å². The molecule has 4 heteroatoms. The van der Waals surface area contributed by atoms with Gasteiger partial charge in [0.25, 0.3) is 0 Å². The van der Waals surface area contributed by atoms with E-state index in [9.17, 15) is 5.11 Å². The second-order valence-corrected chi connectivity index (χ2v) is 3.81. The van der Waals surface area contributed by atoms with Crippen LogP contribution in [0.25, 0.3) is 0 Å². The van der Waals surface area contributed by atoms with E-state index in [4.69, 9.17) is 11.6 Å². The highest BCUT2D eigenvalue weighted by molar-refractivity contribution is 6.30. The number of halogens is 1. The van der Waals surface area contributed by atoms with Crippen molar-refractivity contribution in [2.24, 2.45) is 0 Å². The molecule has 0 aliphatic carbocycles. The lowest BCUT2D eigenvalue weighted by Crippen LogP contribution is -1.99. The maximum Gasteiger partial charge on any atom is 0.120 e. The molecule has 1 aromatic heterocycles. The fraction of sp³-hybridized carbons (Fsp3) is 0.182. The molecule has 15 heavy (non-hydrogen) atoms. The van der Waals surface area contributed by atoms with Gasteiger partial charge in [-0.1, -0.05) is 23.7 Å². The number of H-pyrrole nitrogens is 1. The van der Waals surface area contributed by atoms with E-state index in [2.05, 4.69) is 9.97 Å². The van der Waals surface area contributed by atoms with Crippen molar-refractivity contribution in [1.82, 2.24) is 9.97 Å². The Bertz CT molecular complexity index is 450. The first-order valence-electron chi connectivity index (χ1n) is 4.62. The number of aromatic amines is 1. The molecule has 0 saturated carbocycles. The summed E-state index contributed by atoms with van der Waals surface area (Å²) in [5.74, 6) is 0.790. The Balaban J connectivity index is 2.28. The van der Waals surface area contributed by atoms with Gasteiger partial charge in [-0.2, -0.15) is 0 Å². The number of aliphatic hydroxyl groups is 1. The average Bonchev–Trinajstić information content (AvgIpc) is 2.65. The van der Waals surface area contributed by atoms with E-state index in [0.717, 1.165) is 11.4 Å². The molecule has 0 fully saturated rings. The van der Waals surface area contributed by atoms with Gasteiger partial charge in [0, 0.05) is 5.02 Å². The molecule has 2 rings (SSSR count). The summed E-state index contributed by atoms with van der Waals surface area (Å²) in [7, 11) is 0. The lowest BCUT2D eigenvalue weighted by molar-refractivity contribution is 0.216. The molecule has 0 spiro atoms. The van der Waals surface area contributed by atoms with Crippen LogP contribution < -0.4 is 0 Å². The normalized spacial score (nSPS) is 12.7. The fourth-order valence-corrected chi connectivity index (χ4v) is 1.53. The summed E-state index contributed by atoms with van der Waals surface area (Å²) in [5, 5.41) is 10.6. The number of aliphatic hydroxyl groups excluding tert-OH is 1. The zero-order valence-electron chi connectivity index (χ0n) is 8.24.